The van der Waals surface area contributed by atoms with Crippen molar-refractivity contribution in [1.29, 1.82) is 0 Å². The third kappa shape index (κ3) is 4.10. The van der Waals surface area contributed by atoms with Crippen molar-refractivity contribution in [3.8, 4) is 44.5 Å². The van der Waals surface area contributed by atoms with E-state index in [1.807, 2.05) is 11.8 Å². The summed E-state index contributed by atoms with van der Waals surface area (Å²) in [6.45, 7) is 0. The van der Waals surface area contributed by atoms with E-state index in [1.54, 1.807) is 0 Å². The molecule has 1 aliphatic heterocycles. The summed E-state index contributed by atoms with van der Waals surface area (Å²) in [6.07, 6.45) is 0. The molecule has 0 radical (unpaired) electrons. The third-order valence-corrected chi connectivity index (χ3v) is 11.0. The number of benzene rings is 9. The highest BCUT2D eigenvalue weighted by Gasteiger charge is 2.23. The van der Waals surface area contributed by atoms with E-state index < -0.39 is 0 Å². The van der Waals surface area contributed by atoms with Crippen molar-refractivity contribution in [2.75, 3.05) is 0 Å². The Morgan fingerprint density at radius 2 is 0.872 bits per heavy atom. The number of hydrogen-bond donors (Lipinski definition) is 0. The Morgan fingerprint density at radius 1 is 0.298 bits per heavy atom. The van der Waals surface area contributed by atoms with Crippen molar-refractivity contribution in [3.05, 3.63) is 170 Å². The molecule has 9 aromatic carbocycles. The first-order valence-electron chi connectivity index (χ1n) is 16.2. The molecule has 0 amide bonds. The van der Waals surface area contributed by atoms with Crippen LogP contribution in [0.25, 0.3) is 87.6 Å². The minimum absolute atomic E-state index is 1.23. The Bertz CT molecular complexity index is 2660. The Labute approximate surface area is 278 Å². The summed E-state index contributed by atoms with van der Waals surface area (Å²) in [7, 11) is 0. The predicted octanol–water partition coefficient (Wildman–Crippen LogP) is 13.4. The van der Waals surface area contributed by atoms with Crippen molar-refractivity contribution >= 4 is 54.9 Å². The van der Waals surface area contributed by atoms with E-state index in [1.165, 1.54) is 97.4 Å². The predicted molar refractivity (Wildman–Crippen MR) is 202 cm³/mol. The molecule has 0 N–H and O–H groups in total. The van der Waals surface area contributed by atoms with Crippen LogP contribution in [0, 0.1) is 0 Å². The fraction of sp³-hybridized carbons (Fsp3) is 0. The van der Waals surface area contributed by atoms with E-state index in [4.69, 9.17) is 0 Å². The Morgan fingerprint density at radius 3 is 1.68 bits per heavy atom. The van der Waals surface area contributed by atoms with Gasteiger partial charge in [0.05, 0.1) is 0 Å². The van der Waals surface area contributed by atoms with Crippen LogP contribution in [-0.4, -0.2) is 0 Å². The smallest absolute Gasteiger partial charge is 0.0207 e. The van der Waals surface area contributed by atoms with Crippen LogP contribution in [-0.2, 0) is 0 Å². The molecule has 0 unspecified atom stereocenters. The summed E-state index contributed by atoms with van der Waals surface area (Å²) in [5, 5.41) is 10.3. The fourth-order valence-corrected chi connectivity index (χ4v) is 8.89. The second-order valence-corrected chi connectivity index (χ2v) is 13.5. The summed E-state index contributed by atoms with van der Waals surface area (Å²) in [5.41, 5.74) is 10.2. The minimum Gasteiger partial charge on any atom is -0.0888 e. The molecule has 0 atom stereocenters. The van der Waals surface area contributed by atoms with Crippen molar-refractivity contribution < 1.29 is 0 Å². The quantitative estimate of drug-likeness (QED) is 0.179. The van der Waals surface area contributed by atoms with Gasteiger partial charge in [0.25, 0.3) is 0 Å². The molecule has 0 saturated carbocycles. The van der Waals surface area contributed by atoms with Gasteiger partial charge in [-0.05, 0) is 106 Å². The molecule has 0 aliphatic carbocycles. The van der Waals surface area contributed by atoms with Crippen LogP contribution in [0.15, 0.2) is 180 Å². The molecule has 218 valence electrons. The minimum atomic E-state index is 1.23. The lowest BCUT2D eigenvalue weighted by atomic mass is 9.83. The third-order valence-electron chi connectivity index (χ3n) is 9.83. The van der Waals surface area contributed by atoms with Gasteiger partial charge in [0, 0.05) is 15.2 Å². The number of fused-ring (bicyclic) bond motifs is 5. The SMILES string of the molecule is c1cc(-c2ccc3ccccc3c2)cc(-c2c3ccccc3c(-c3ccc4c5c(cccc35)Sc3ccccc3-4)c3ccccc23)c1. The first-order valence-corrected chi connectivity index (χ1v) is 17.0. The zero-order valence-electron chi connectivity index (χ0n) is 25.6. The van der Waals surface area contributed by atoms with Gasteiger partial charge in [0.1, 0.15) is 0 Å². The second-order valence-electron chi connectivity index (χ2n) is 12.4. The van der Waals surface area contributed by atoms with E-state index in [0.717, 1.165) is 0 Å². The summed E-state index contributed by atoms with van der Waals surface area (Å²) >= 11 is 1.89. The van der Waals surface area contributed by atoms with Crippen LogP contribution in [0.5, 0.6) is 0 Å². The monoisotopic (exact) mass is 612 g/mol. The molecule has 0 bridgehead atoms. The molecule has 0 saturated heterocycles. The topological polar surface area (TPSA) is 0 Å². The molecule has 1 heteroatoms. The van der Waals surface area contributed by atoms with Gasteiger partial charge < -0.3 is 0 Å². The summed E-state index contributed by atoms with van der Waals surface area (Å²) < 4.78 is 0. The average molecular weight is 613 g/mol. The molecular formula is C46H28S. The number of rotatable bonds is 3. The van der Waals surface area contributed by atoms with Crippen molar-refractivity contribution in [1.82, 2.24) is 0 Å². The van der Waals surface area contributed by atoms with E-state index >= 15 is 0 Å². The van der Waals surface area contributed by atoms with E-state index in [2.05, 4.69) is 170 Å². The van der Waals surface area contributed by atoms with Crippen LogP contribution in [0.3, 0.4) is 0 Å². The van der Waals surface area contributed by atoms with Gasteiger partial charge in [-0.3, -0.25) is 0 Å². The van der Waals surface area contributed by atoms with Crippen LogP contribution >= 0.6 is 11.8 Å². The molecule has 0 fully saturated rings. The average Bonchev–Trinajstić information content (AvgIpc) is 3.14. The highest BCUT2D eigenvalue weighted by molar-refractivity contribution is 7.99. The molecular weight excluding hydrogens is 585 g/mol. The Kier molecular flexibility index (Phi) is 5.91. The van der Waals surface area contributed by atoms with Gasteiger partial charge in [-0.2, -0.15) is 0 Å². The zero-order chi connectivity index (χ0) is 30.9. The van der Waals surface area contributed by atoms with Gasteiger partial charge in [-0.25, -0.2) is 0 Å². The van der Waals surface area contributed by atoms with Gasteiger partial charge in [-0.15, -0.1) is 0 Å². The van der Waals surface area contributed by atoms with Crippen molar-refractivity contribution in [2.45, 2.75) is 9.79 Å². The zero-order valence-corrected chi connectivity index (χ0v) is 26.4. The van der Waals surface area contributed by atoms with Crippen molar-refractivity contribution in [3.63, 3.8) is 0 Å². The lowest BCUT2D eigenvalue weighted by molar-refractivity contribution is 1.40. The second kappa shape index (κ2) is 10.5. The maximum atomic E-state index is 2.37. The first-order chi connectivity index (χ1) is 23.3. The maximum absolute atomic E-state index is 2.37. The molecule has 10 rings (SSSR count). The molecule has 47 heavy (non-hydrogen) atoms. The van der Waals surface area contributed by atoms with Crippen LogP contribution in [0.2, 0.25) is 0 Å². The fourth-order valence-electron chi connectivity index (χ4n) is 7.75. The van der Waals surface area contributed by atoms with E-state index in [9.17, 15) is 0 Å². The molecule has 0 spiro atoms. The van der Waals surface area contributed by atoms with Gasteiger partial charge in [0.2, 0.25) is 0 Å². The lowest BCUT2D eigenvalue weighted by Gasteiger charge is -2.23. The van der Waals surface area contributed by atoms with Gasteiger partial charge in [0.15, 0.2) is 0 Å². The lowest BCUT2D eigenvalue weighted by Crippen LogP contribution is -1.95. The van der Waals surface area contributed by atoms with Gasteiger partial charge in [-0.1, -0.05) is 157 Å². The molecule has 0 nitrogen and oxygen atoms in total. The first kappa shape index (κ1) is 26.6. The highest BCUT2D eigenvalue weighted by Crippen LogP contribution is 2.52. The largest absolute Gasteiger partial charge is 0.0888 e. The molecule has 0 aromatic heterocycles. The normalized spacial score (nSPS) is 12.2. The van der Waals surface area contributed by atoms with E-state index in [-0.39, 0.29) is 0 Å². The van der Waals surface area contributed by atoms with Crippen LogP contribution in [0.4, 0.5) is 0 Å². The Hall–Kier alpha value is -5.63. The molecule has 9 aromatic rings. The Balaban J connectivity index is 1.24. The van der Waals surface area contributed by atoms with Gasteiger partial charge >= 0.3 is 0 Å². The molecule has 1 heterocycles. The number of hydrogen-bond acceptors (Lipinski definition) is 1. The van der Waals surface area contributed by atoms with Crippen LogP contribution < -0.4 is 0 Å². The maximum Gasteiger partial charge on any atom is 0.0207 e. The van der Waals surface area contributed by atoms with Crippen LogP contribution in [0.1, 0.15) is 0 Å². The summed E-state index contributed by atoms with van der Waals surface area (Å²) in [6, 6.07) is 62.8. The standard InChI is InChI=1S/C46H28S/c1-2-12-30-27-32(24-23-29(30)11-1)31-13-9-14-33(28-31)44-35-16-3-5-18-37(35)45(38-19-6-4-17-36(38)44)41-26-25-40-34-15-7-8-21-42(34)47-43-22-10-20-39(41)46(40)43/h1-28H. The summed E-state index contributed by atoms with van der Waals surface area (Å²) in [4.78, 5) is 2.65. The molecule has 1 aliphatic rings. The van der Waals surface area contributed by atoms with Crippen molar-refractivity contribution in [2.24, 2.45) is 0 Å². The summed E-state index contributed by atoms with van der Waals surface area (Å²) in [5.74, 6) is 0. The highest BCUT2D eigenvalue weighted by atomic mass is 32.2. The van der Waals surface area contributed by atoms with E-state index in [0.29, 0.717) is 0 Å².